The summed E-state index contributed by atoms with van der Waals surface area (Å²) >= 11 is 0. The fourth-order valence-corrected chi connectivity index (χ4v) is 2.26. The predicted octanol–water partition coefficient (Wildman–Crippen LogP) is 1.63. The molecule has 1 atom stereocenters. The number of hydrogen-bond acceptors (Lipinski definition) is 4. The van der Waals surface area contributed by atoms with E-state index in [-0.39, 0.29) is 0 Å². The molecule has 0 amide bonds. The summed E-state index contributed by atoms with van der Waals surface area (Å²) in [5, 5.41) is 7.38. The molecule has 90 valence electrons. The van der Waals surface area contributed by atoms with E-state index in [0.29, 0.717) is 11.7 Å². The zero-order valence-corrected chi connectivity index (χ0v) is 9.89. The Morgan fingerprint density at radius 3 is 3.29 bits per heavy atom. The summed E-state index contributed by atoms with van der Waals surface area (Å²) < 4.78 is 7.47. The third-order valence-corrected chi connectivity index (χ3v) is 3.25. The lowest BCUT2D eigenvalue weighted by Crippen LogP contribution is -2.08. The Labute approximate surface area is 99.8 Å². The molecule has 0 radical (unpaired) electrons. The lowest BCUT2D eigenvalue weighted by molar-refractivity contribution is 0.359. The lowest BCUT2D eigenvalue weighted by atomic mass is 10.1. The molecule has 0 unspecified atom stereocenters. The quantitative estimate of drug-likeness (QED) is 0.874. The summed E-state index contributed by atoms with van der Waals surface area (Å²) in [4.78, 5) is 4.50. The summed E-state index contributed by atoms with van der Waals surface area (Å²) in [6, 6.07) is 4.02. The van der Waals surface area contributed by atoms with Crippen LogP contribution < -0.4 is 5.32 Å². The molecule has 5 nitrogen and oxygen atoms in total. The first kappa shape index (κ1) is 10.5. The monoisotopic (exact) mass is 232 g/mol. The maximum atomic E-state index is 5.36. The molecule has 0 aromatic carbocycles. The Morgan fingerprint density at radius 2 is 2.53 bits per heavy atom. The Morgan fingerprint density at radius 1 is 1.59 bits per heavy atom. The van der Waals surface area contributed by atoms with Gasteiger partial charge in [-0.25, -0.2) is 0 Å². The minimum Gasteiger partial charge on any atom is -0.345 e. The van der Waals surface area contributed by atoms with Crippen molar-refractivity contribution in [3.05, 3.63) is 24.2 Å². The van der Waals surface area contributed by atoms with Crippen molar-refractivity contribution in [3.8, 4) is 11.5 Å². The van der Waals surface area contributed by atoms with Gasteiger partial charge in [0.15, 0.2) is 0 Å². The van der Waals surface area contributed by atoms with Crippen LogP contribution in [0.4, 0.5) is 0 Å². The first-order valence-corrected chi connectivity index (χ1v) is 6.08. The Kier molecular flexibility index (Phi) is 2.68. The van der Waals surface area contributed by atoms with Crippen molar-refractivity contribution in [2.24, 2.45) is 0 Å². The Balaban J connectivity index is 1.89. The van der Waals surface area contributed by atoms with Gasteiger partial charge in [-0.15, -0.1) is 0 Å². The molecular weight excluding hydrogens is 216 g/mol. The second-order valence-electron chi connectivity index (χ2n) is 4.33. The topological polar surface area (TPSA) is 55.9 Å². The van der Waals surface area contributed by atoms with E-state index in [1.54, 1.807) is 0 Å². The van der Waals surface area contributed by atoms with E-state index in [1.165, 1.54) is 0 Å². The van der Waals surface area contributed by atoms with Crippen molar-refractivity contribution in [1.29, 1.82) is 0 Å². The van der Waals surface area contributed by atoms with E-state index < -0.39 is 0 Å². The molecule has 1 N–H and O–H groups in total. The highest BCUT2D eigenvalue weighted by Crippen LogP contribution is 2.24. The van der Waals surface area contributed by atoms with Crippen LogP contribution in [0.2, 0.25) is 0 Å². The van der Waals surface area contributed by atoms with E-state index >= 15 is 0 Å². The van der Waals surface area contributed by atoms with Crippen LogP contribution in [0.1, 0.15) is 25.2 Å². The molecule has 0 saturated carbocycles. The predicted molar refractivity (Wildman–Crippen MR) is 63.6 cm³/mol. The van der Waals surface area contributed by atoms with Gasteiger partial charge in [-0.3, -0.25) is 0 Å². The smallest absolute Gasteiger partial charge is 0.231 e. The number of nitrogens with zero attached hydrogens (tertiary/aromatic N) is 3. The fourth-order valence-electron chi connectivity index (χ4n) is 2.26. The molecule has 5 heteroatoms. The third-order valence-electron chi connectivity index (χ3n) is 3.25. The summed E-state index contributed by atoms with van der Waals surface area (Å²) in [5.74, 6) is 1.83. The van der Waals surface area contributed by atoms with Gasteiger partial charge >= 0.3 is 0 Å². The third kappa shape index (κ3) is 1.86. The van der Waals surface area contributed by atoms with Crippen LogP contribution in [-0.2, 0) is 6.54 Å². The molecule has 0 aliphatic carbocycles. The van der Waals surface area contributed by atoms with Crippen LogP contribution in [0.25, 0.3) is 11.5 Å². The standard InChI is InChI=1S/C12H16N4O/c1-2-16-7-3-4-10(16)11-14-12(17-15-11)9-5-6-13-8-9/h3-4,7,9,13H,2,5-6,8H2,1H3/t9-/m1/s1. The summed E-state index contributed by atoms with van der Waals surface area (Å²) in [5.41, 5.74) is 1.02. The molecule has 3 heterocycles. The highest BCUT2D eigenvalue weighted by Gasteiger charge is 2.23. The zero-order chi connectivity index (χ0) is 11.7. The summed E-state index contributed by atoms with van der Waals surface area (Å²) in [6.45, 7) is 4.99. The van der Waals surface area contributed by atoms with E-state index in [0.717, 1.165) is 37.6 Å². The minimum atomic E-state index is 0.376. The highest BCUT2D eigenvalue weighted by atomic mass is 16.5. The van der Waals surface area contributed by atoms with Gasteiger partial charge in [0.2, 0.25) is 11.7 Å². The van der Waals surface area contributed by atoms with Gasteiger partial charge in [0, 0.05) is 19.3 Å². The van der Waals surface area contributed by atoms with Crippen LogP contribution >= 0.6 is 0 Å². The normalized spacial score (nSPS) is 19.9. The van der Waals surface area contributed by atoms with Gasteiger partial charge in [0.05, 0.1) is 11.6 Å². The first-order valence-electron chi connectivity index (χ1n) is 6.08. The van der Waals surface area contributed by atoms with Crippen molar-refractivity contribution in [1.82, 2.24) is 20.0 Å². The van der Waals surface area contributed by atoms with Crippen LogP contribution in [-0.4, -0.2) is 27.8 Å². The molecule has 1 fully saturated rings. The molecule has 1 saturated heterocycles. The van der Waals surface area contributed by atoms with Gasteiger partial charge in [-0.1, -0.05) is 5.16 Å². The maximum absolute atomic E-state index is 5.36. The number of aryl methyl sites for hydroxylation is 1. The first-order chi connectivity index (χ1) is 8.38. The van der Waals surface area contributed by atoms with Gasteiger partial charge in [0.1, 0.15) is 0 Å². The van der Waals surface area contributed by atoms with Crippen molar-refractivity contribution < 1.29 is 4.52 Å². The zero-order valence-electron chi connectivity index (χ0n) is 9.89. The van der Waals surface area contributed by atoms with Crippen LogP contribution in [0.5, 0.6) is 0 Å². The highest BCUT2D eigenvalue weighted by molar-refractivity contribution is 5.49. The van der Waals surface area contributed by atoms with Crippen molar-refractivity contribution in [3.63, 3.8) is 0 Å². The summed E-state index contributed by atoms with van der Waals surface area (Å²) in [7, 11) is 0. The van der Waals surface area contributed by atoms with Crippen molar-refractivity contribution in [2.45, 2.75) is 25.8 Å². The maximum Gasteiger partial charge on any atom is 0.231 e. The molecule has 1 aliphatic rings. The van der Waals surface area contributed by atoms with Gasteiger partial charge in [-0.2, -0.15) is 4.98 Å². The van der Waals surface area contributed by atoms with Crippen LogP contribution in [0.3, 0.4) is 0 Å². The summed E-state index contributed by atoms with van der Waals surface area (Å²) in [6.07, 6.45) is 3.11. The lowest BCUT2D eigenvalue weighted by Gasteiger charge is -2.01. The largest absolute Gasteiger partial charge is 0.345 e. The average molecular weight is 232 g/mol. The molecule has 17 heavy (non-hydrogen) atoms. The van der Waals surface area contributed by atoms with Crippen LogP contribution in [0.15, 0.2) is 22.9 Å². The van der Waals surface area contributed by atoms with E-state index in [4.69, 9.17) is 4.52 Å². The van der Waals surface area contributed by atoms with Gasteiger partial charge < -0.3 is 14.4 Å². The van der Waals surface area contributed by atoms with Crippen molar-refractivity contribution >= 4 is 0 Å². The molecule has 2 aromatic rings. The van der Waals surface area contributed by atoms with Gasteiger partial charge in [0.25, 0.3) is 0 Å². The molecule has 0 bridgehead atoms. The van der Waals surface area contributed by atoms with E-state index in [2.05, 4.69) is 26.9 Å². The Hall–Kier alpha value is -1.62. The number of rotatable bonds is 3. The number of aromatic nitrogens is 3. The Bertz CT molecular complexity index is 496. The number of nitrogens with one attached hydrogen (secondary N) is 1. The molecule has 0 spiro atoms. The van der Waals surface area contributed by atoms with E-state index in [1.807, 2.05) is 18.3 Å². The average Bonchev–Trinajstić information content (AvgIpc) is 3.09. The van der Waals surface area contributed by atoms with Gasteiger partial charge in [-0.05, 0) is 32.0 Å². The molecule has 3 rings (SSSR count). The fraction of sp³-hybridized carbons (Fsp3) is 0.500. The number of hydrogen-bond donors (Lipinski definition) is 1. The minimum absolute atomic E-state index is 0.376. The second-order valence-corrected chi connectivity index (χ2v) is 4.33. The molecular formula is C12H16N4O. The van der Waals surface area contributed by atoms with Crippen LogP contribution in [0, 0.1) is 0 Å². The second kappa shape index (κ2) is 4.33. The van der Waals surface area contributed by atoms with Crippen molar-refractivity contribution in [2.75, 3.05) is 13.1 Å². The molecule has 1 aliphatic heterocycles. The SMILES string of the molecule is CCn1cccc1-c1noc([C@@H]2CCNC2)n1. The molecule has 2 aromatic heterocycles. The van der Waals surface area contributed by atoms with E-state index in [9.17, 15) is 0 Å².